The van der Waals surface area contributed by atoms with E-state index in [9.17, 15) is 19.7 Å². The van der Waals surface area contributed by atoms with Gasteiger partial charge in [0.2, 0.25) is 11.7 Å². The van der Waals surface area contributed by atoms with E-state index in [1.54, 1.807) is 0 Å². The van der Waals surface area contributed by atoms with E-state index < -0.39 is 16.6 Å². The number of amides is 1. The van der Waals surface area contributed by atoms with Gasteiger partial charge in [-0.2, -0.15) is 0 Å². The Kier molecular flexibility index (Phi) is 3.47. The number of carbonyl (C=O) groups is 2. The van der Waals surface area contributed by atoms with Crippen LogP contribution in [0, 0.1) is 10.1 Å². The van der Waals surface area contributed by atoms with Crippen LogP contribution < -0.4 is 4.90 Å². The molecule has 1 amide bonds. The van der Waals surface area contributed by atoms with Crippen LogP contribution in [-0.4, -0.2) is 38.3 Å². The van der Waals surface area contributed by atoms with E-state index in [0.717, 1.165) is 12.3 Å². The molecule has 8 nitrogen and oxygen atoms in total. The molecule has 0 aliphatic carbocycles. The van der Waals surface area contributed by atoms with Gasteiger partial charge < -0.3 is 5.11 Å². The normalized spacial score (nSPS) is 18.7. The van der Waals surface area contributed by atoms with Crippen LogP contribution in [0.2, 0.25) is 0 Å². The fourth-order valence-electron chi connectivity index (χ4n) is 1.77. The first-order valence-corrected chi connectivity index (χ1v) is 6.14. The predicted octanol–water partition coefficient (Wildman–Crippen LogP) is 1.19. The van der Waals surface area contributed by atoms with Crippen molar-refractivity contribution in [3.63, 3.8) is 0 Å². The highest BCUT2D eigenvalue weighted by Crippen LogP contribution is 2.31. The van der Waals surface area contributed by atoms with Crippen LogP contribution in [-0.2, 0) is 4.79 Å². The molecule has 1 fully saturated rings. The van der Waals surface area contributed by atoms with Crippen LogP contribution in [0.3, 0.4) is 0 Å². The monoisotopic (exact) mass is 329 g/mol. The summed E-state index contributed by atoms with van der Waals surface area (Å²) < 4.78 is 0. The fourth-order valence-corrected chi connectivity index (χ4v) is 2.34. The Morgan fingerprint density at radius 3 is 2.79 bits per heavy atom. The largest absolute Gasteiger partial charge is 0.478 e. The Labute approximate surface area is 115 Å². The van der Waals surface area contributed by atoms with Crippen molar-refractivity contribution in [1.29, 1.82) is 0 Å². The number of aromatic carboxylic acids is 1. The number of carboxylic acid groups (broad SMARTS) is 1. The van der Waals surface area contributed by atoms with Gasteiger partial charge in [0.15, 0.2) is 0 Å². The highest BCUT2D eigenvalue weighted by Gasteiger charge is 2.34. The standard InChI is InChI=1S/C10H8BrN3O5/c11-6-2-8(15)13(4-6)9-7(14(18)19)1-5(3-12-9)10(16)17/h1,3,6H,2,4H2,(H,16,17). The van der Waals surface area contributed by atoms with Gasteiger partial charge in [-0.25, -0.2) is 9.78 Å². The maximum atomic E-state index is 11.7. The Morgan fingerprint density at radius 1 is 1.63 bits per heavy atom. The van der Waals surface area contributed by atoms with E-state index in [0.29, 0.717) is 0 Å². The molecule has 1 aromatic heterocycles. The Hall–Kier alpha value is -2.03. The number of halogens is 1. The van der Waals surface area contributed by atoms with Crippen molar-refractivity contribution in [2.75, 3.05) is 11.4 Å². The molecule has 1 unspecified atom stereocenters. The van der Waals surface area contributed by atoms with Crippen molar-refractivity contribution in [3.05, 3.63) is 27.9 Å². The number of hydrogen-bond donors (Lipinski definition) is 1. The molecule has 0 aromatic carbocycles. The molecule has 1 N–H and O–H groups in total. The zero-order valence-electron chi connectivity index (χ0n) is 9.45. The van der Waals surface area contributed by atoms with E-state index >= 15 is 0 Å². The highest BCUT2D eigenvalue weighted by atomic mass is 79.9. The van der Waals surface area contributed by atoms with Crippen LogP contribution in [0.4, 0.5) is 11.5 Å². The number of alkyl halides is 1. The van der Waals surface area contributed by atoms with Gasteiger partial charge in [-0.05, 0) is 0 Å². The molecule has 0 radical (unpaired) electrons. The topological polar surface area (TPSA) is 114 Å². The number of nitrogens with zero attached hydrogens (tertiary/aromatic N) is 3. The van der Waals surface area contributed by atoms with Gasteiger partial charge in [-0.15, -0.1) is 0 Å². The summed E-state index contributed by atoms with van der Waals surface area (Å²) in [5.74, 6) is -1.73. The molecule has 19 heavy (non-hydrogen) atoms. The molecular formula is C10H8BrN3O5. The molecule has 0 spiro atoms. The zero-order chi connectivity index (χ0) is 14.2. The minimum atomic E-state index is -1.31. The smallest absolute Gasteiger partial charge is 0.337 e. The van der Waals surface area contributed by atoms with Crippen LogP contribution >= 0.6 is 15.9 Å². The summed E-state index contributed by atoms with van der Waals surface area (Å²) in [6.45, 7) is 0.263. The third kappa shape index (κ3) is 2.55. The average Bonchev–Trinajstić information content (AvgIpc) is 2.67. The van der Waals surface area contributed by atoms with Gasteiger partial charge in [0.05, 0.1) is 10.5 Å². The third-order valence-electron chi connectivity index (χ3n) is 2.62. The van der Waals surface area contributed by atoms with Crippen LogP contribution in [0.5, 0.6) is 0 Å². The SMILES string of the molecule is O=C(O)c1cnc(N2CC(Br)CC2=O)c([N+](=O)[O-])c1. The molecular weight excluding hydrogens is 322 g/mol. The minimum Gasteiger partial charge on any atom is -0.478 e. The summed E-state index contributed by atoms with van der Waals surface area (Å²) in [5, 5.41) is 19.8. The molecule has 2 rings (SSSR count). The molecule has 1 atom stereocenters. The third-order valence-corrected chi connectivity index (χ3v) is 3.24. The quantitative estimate of drug-likeness (QED) is 0.506. The number of hydrogen-bond acceptors (Lipinski definition) is 5. The van der Waals surface area contributed by atoms with Crippen molar-refractivity contribution >= 4 is 39.3 Å². The lowest BCUT2D eigenvalue weighted by Gasteiger charge is -2.14. The summed E-state index contributed by atoms with van der Waals surface area (Å²) >= 11 is 3.26. The summed E-state index contributed by atoms with van der Waals surface area (Å²) in [5.41, 5.74) is -0.785. The maximum Gasteiger partial charge on any atom is 0.337 e. The second kappa shape index (κ2) is 4.92. The van der Waals surface area contributed by atoms with Gasteiger partial charge in [-0.1, -0.05) is 15.9 Å². The lowest BCUT2D eigenvalue weighted by atomic mass is 10.2. The van der Waals surface area contributed by atoms with Gasteiger partial charge in [0.1, 0.15) is 0 Å². The molecule has 100 valence electrons. The van der Waals surface area contributed by atoms with E-state index in [1.807, 2.05) is 0 Å². The maximum absolute atomic E-state index is 11.7. The number of carbonyl (C=O) groups excluding carboxylic acids is 1. The second-order valence-electron chi connectivity index (χ2n) is 3.93. The fraction of sp³-hybridized carbons (Fsp3) is 0.300. The van der Waals surface area contributed by atoms with Gasteiger partial charge in [0, 0.05) is 30.1 Å². The Balaban J connectivity index is 2.48. The van der Waals surface area contributed by atoms with Crippen molar-refractivity contribution in [2.24, 2.45) is 0 Å². The van der Waals surface area contributed by atoms with Crippen molar-refractivity contribution < 1.29 is 19.6 Å². The summed E-state index contributed by atoms with van der Waals surface area (Å²) in [4.78, 5) is 37.5. The number of rotatable bonds is 3. The lowest BCUT2D eigenvalue weighted by Crippen LogP contribution is -2.26. The van der Waals surface area contributed by atoms with Crippen LogP contribution in [0.1, 0.15) is 16.8 Å². The van der Waals surface area contributed by atoms with E-state index in [2.05, 4.69) is 20.9 Å². The number of carboxylic acids is 1. The molecule has 1 aliphatic rings. The molecule has 0 bridgehead atoms. The molecule has 2 heterocycles. The van der Waals surface area contributed by atoms with Gasteiger partial charge in [0.25, 0.3) is 0 Å². The Morgan fingerprint density at radius 2 is 2.32 bits per heavy atom. The number of anilines is 1. The summed E-state index contributed by atoms with van der Waals surface area (Å²) in [6, 6.07) is 0.902. The number of nitro groups is 1. The van der Waals surface area contributed by atoms with Gasteiger partial charge in [-0.3, -0.25) is 19.8 Å². The Bertz CT molecular complexity index is 576. The first-order valence-electron chi connectivity index (χ1n) is 5.22. The van der Waals surface area contributed by atoms with Gasteiger partial charge >= 0.3 is 11.7 Å². The molecule has 1 aliphatic heterocycles. The number of pyridine rings is 1. The molecule has 1 saturated heterocycles. The molecule has 9 heteroatoms. The van der Waals surface area contributed by atoms with Crippen molar-refractivity contribution in [2.45, 2.75) is 11.2 Å². The van der Waals surface area contributed by atoms with E-state index in [4.69, 9.17) is 5.11 Å². The van der Waals surface area contributed by atoms with Crippen LogP contribution in [0.25, 0.3) is 0 Å². The lowest BCUT2D eigenvalue weighted by molar-refractivity contribution is -0.384. The van der Waals surface area contributed by atoms with Crippen molar-refractivity contribution in [1.82, 2.24) is 4.98 Å². The van der Waals surface area contributed by atoms with Crippen LogP contribution in [0.15, 0.2) is 12.3 Å². The second-order valence-corrected chi connectivity index (χ2v) is 5.23. The zero-order valence-corrected chi connectivity index (χ0v) is 11.0. The summed E-state index contributed by atoms with van der Waals surface area (Å²) in [7, 11) is 0. The highest BCUT2D eigenvalue weighted by molar-refractivity contribution is 9.09. The van der Waals surface area contributed by atoms with E-state index in [1.165, 1.54) is 4.90 Å². The average molecular weight is 330 g/mol. The minimum absolute atomic E-state index is 0.0967. The predicted molar refractivity (Wildman–Crippen MR) is 67.5 cm³/mol. The van der Waals surface area contributed by atoms with Crippen molar-refractivity contribution in [3.8, 4) is 0 Å². The van der Waals surface area contributed by atoms with E-state index in [-0.39, 0.29) is 35.1 Å². The molecule has 0 saturated carbocycles. The summed E-state index contributed by atoms with van der Waals surface area (Å²) in [6.07, 6.45) is 1.22. The first kappa shape index (κ1) is 13.4. The number of aromatic nitrogens is 1. The molecule has 1 aromatic rings. The first-order chi connectivity index (χ1) is 8.90.